The molecule has 33 heavy (non-hydrogen) atoms. The number of aromatic nitrogens is 2. The minimum atomic E-state index is 0.0715. The van der Waals surface area contributed by atoms with Crippen molar-refractivity contribution in [2.75, 3.05) is 0 Å². The van der Waals surface area contributed by atoms with Crippen molar-refractivity contribution in [2.24, 2.45) is 0 Å². The Bertz CT molecular complexity index is 1590. The summed E-state index contributed by atoms with van der Waals surface area (Å²) in [4.78, 5) is 4.84. The summed E-state index contributed by atoms with van der Waals surface area (Å²) in [6.07, 6.45) is 0. The average Bonchev–Trinajstić information content (AvgIpc) is 3.39. The minimum Gasteiger partial charge on any atom is -0.436 e. The van der Waals surface area contributed by atoms with Crippen molar-refractivity contribution >= 4 is 32.9 Å². The van der Waals surface area contributed by atoms with Gasteiger partial charge in [0.2, 0.25) is 5.89 Å². The number of nitrogens with zero attached hydrogens (tertiary/aromatic N) is 2. The van der Waals surface area contributed by atoms with Crippen molar-refractivity contribution in [3.8, 4) is 17.1 Å². The molecule has 0 saturated heterocycles. The standard InChI is InChI=1S/C30H26N2O/c1-19-17-21(30(2,3)4)18-25-28(19)33-29(31-25)20-13-15-22(16-14-20)32-26-11-7-5-9-23(26)24-10-6-8-12-27(24)32/h5-18H,1-4H3. The summed E-state index contributed by atoms with van der Waals surface area (Å²) in [7, 11) is 0. The molecule has 0 unspecified atom stereocenters. The van der Waals surface area contributed by atoms with Crippen LogP contribution in [0.4, 0.5) is 0 Å². The molecule has 0 aliphatic heterocycles. The molecule has 0 N–H and O–H groups in total. The van der Waals surface area contributed by atoms with Crippen LogP contribution < -0.4 is 0 Å². The lowest BCUT2D eigenvalue weighted by molar-refractivity contribution is 0.589. The molecular formula is C30H26N2O. The van der Waals surface area contributed by atoms with Crippen molar-refractivity contribution in [3.05, 3.63) is 96.1 Å². The van der Waals surface area contributed by atoms with Crippen LogP contribution in [0.25, 0.3) is 50.0 Å². The lowest BCUT2D eigenvalue weighted by atomic mass is 9.86. The number of rotatable bonds is 2. The molecule has 0 fully saturated rings. The molecule has 3 nitrogen and oxygen atoms in total. The van der Waals surface area contributed by atoms with E-state index < -0.39 is 0 Å². The SMILES string of the molecule is Cc1cc(C(C)(C)C)cc2nc(-c3ccc(-n4c5ccccc5c5ccccc54)cc3)oc12. The van der Waals surface area contributed by atoms with E-state index in [1.165, 1.54) is 27.4 Å². The van der Waals surface area contributed by atoms with E-state index in [1.54, 1.807) is 0 Å². The number of hydrogen-bond donors (Lipinski definition) is 0. The summed E-state index contributed by atoms with van der Waals surface area (Å²) in [6, 6.07) is 30.0. The first-order valence-electron chi connectivity index (χ1n) is 11.4. The molecule has 3 heteroatoms. The molecule has 4 aromatic carbocycles. The van der Waals surface area contributed by atoms with E-state index in [2.05, 4.69) is 117 Å². The second-order valence-electron chi connectivity index (χ2n) is 9.83. The first kappa shape index (κ1) is 19.8. The van der Waals surface area contributed by atoms with Gasteiger partial charge in [-0.3, -0.25) is 0 Å². The predicted octanol–water partition coefficient (Wildman–Crippen LogP) is 8.20. The summed E-state index contributed by atoms with van der Waals surface area (Å²) in [5.74, 6) is 0.660. The van der Waals surface area contributed by atoms with Crippen LogP contribution in [0.5, 0.6) is 0 Å². The van der Waals surface area contributed by atoms with Crippen molar-refractivity contribution < 1.29 is 4.42 Å². The molecule has 0 radical (unpaired) electrons. The highest BCUT2D eigenvalue weighted by Crippen LogP contribution is 2.34. The second kappa shape index (κ2) is 7.08. The first-order chi connectivity index (χ1) is 15.9. The third-order valence-electron chi connectivity index (χ3n) is 6.49. The van der Waals surface area contributed by atoms with Crippen molar-refractivity contribution in [2.45, 2.75) is 33.1 Å². The van der Waals surface area contributed by atoms with E-state index in [0.717, 1.165) is 27.9 Å². The molecule has 2 heterocycles. The van der Waals surface area contributed by atoms with Crippen LogP contribution in [0.1, 0.15) is 31.9 Å². The lowest BCUT2D eigenvalue weighted by Crippen LogP contribution is -2.11. The molecule has 162 valence electrons. The Labute approximate surface area is 193 Å². The molecule has 2 aromatic heterocycles. The number of fused-ring (bicyclic) bond motifs is 4. The van der Waals surface area contributed by atoms with Crippen LogP contribution in [0.3, 0.4) is 0 Å². The van der Waals surface area contributed by atoms with Gasteiger partial charge < -0.3 is 8.98 Å². The fourth-order valence-electron chi connectivity index (χ4n) is 4.71. The van der Waals surface area contributed by atoms with Crippen LogP contribution in [-0.4, -0.2) is 9.55 Å². The van der Waals surface area contributed by atoms with Crippen LogP contribution in [0.2, 0.25) is 0 Å². The van der Waals surface area contributed by atoms with Crippen LogP contribution in [0.15, 0.2) is 89.3 Å². The van der Waals surface area contributed by atoms with E-state index in [1.807, 2.05) is 0 Å². The van der Waals surface area contributed by atoms with E-state index >= 15 is 0 Å². The summed E-state index contributed by atoms with van der Waals surface area (Å²) < 4.78 is 8.53. The van der Waals surface area contributed by atoms with Gasteiger partial charge in [0.15, 0.2) is 5.58 Å². The molecule has 0 saturated carbocycles. The van der Waals surface area contributed by atoms with Gasteiger partial charge in [0, 0.05) is 22.0 Å². The van der Waals surface area contributed by atoms with Gasteiger partial charge in [-0.1, -0.05) is 63.2 Å². The molecule has 0 atom stereocenters. The molecular weight excluding hydrogens is 404 g/mol. The smallest absolute Gasteiger partial charge is 0.227 e. The number of oxazole rings is 1. The Morgan fingerprint density at radius 2 is 1.36 bits per heavy atom. The zero-order chi connectivity index (χ0) is 22.7. The molecule has 0 bridgehead atoms. The van der Waals surface area contributed by atoms with Crippen molar-refractivity contribution in [1.29, 1.82) is 0 Å². The highest BCUT2D eigenvalue weighted by Gasteiger charge is 2.18. The number of aryl methyl sites for hydroxylation is 1. The first-order valence-corrected chi connectivity index (χ1v) is 11.4. The third-order valence-corrected chi connectivity index (χ3v) is 6.49. The maximum Gasteiger partial charge on any atom is 0.227 e. The summed E-state index contributed by atoms with van der Waals surface area (Å²) in [5, 5.41) is 2.53. The zero-order valence-corrected chi connectivity index (χ0v) is 19.4. The van der Waals surface area contributed by atoms with Crippen molar-refractivity contribution in [1.82, 2.24) is 9.55 Å². The zero-order valence-electron chi connectivity index (χ0n) is 19.4. The van der Waals surface area contributed by atoms with Crippen molar-refractivity contribution in [3.63, 3.8) is 0 Å². The Hall–Kier alpha value is -3.85. The van der Waals surface area contributed by atoms with E-state index in [4.69, 9.17) is 9.40 Å². The van der Waals surface area contributed by atoms with E-state index in [9.17, 15) is 0 Å². The Balaban J connectivity index is 1.46. The molecule has 6 aromatic rings. The van der Waals surface area contributed by atoms with Gasteiger partial charge in [0.05, 0.1) is 11.0 Å². The van der Waals surface area contributed by atoms with Crippen LogP contribution >= 0.6 is 0 Å². The topological polar surface area (TPSA) is 31.0 Å². The van der Waals surface area contributed by atoms with Crippen LogP contribution in [0, 0.1) is 6.92 Å². The van der Waals surface area contributed by atoms with Gasteiger partial charge in [0.1, 0.15) is 5.52 Å². The molecule has 0 amide bonds. The average molecular weight is 431 g/mol. The fraction of sp³-hybridized carbons (Fsp3) is 0.167. The number of para-hydroxylation sites is 2. The predicted molar refractivity (Wildman–Crippen MR) is 137 cm³/mol. The van der Waals surface area contributed by atoms with Gasteiger partial charge in [-0.2, -0.15) is 0 Å². The lowest BCUT2D eigenvalue weighted by Gasteiger charge is -2.19. The van der Waals surface area contributed by atoms with Gasteiger partial charge in [-0.15, -0.1) is 0 Å². The van der Waals surface area contributed by atoms with Gasteiger partial charge in [0.25, 0.3) is 0 Å². The quantitative estimate of drug-likeness (QED) is 0.277. The third kappa shape index (κ3) is 3.15. The monoisotopic (exact) mass is 430 g/mol. The normalized spacial score (nSPS) is 12.2. The van der Waals surface area contributed by atoms with E-state index in [0.29, 0.717) is 5.89 Å². The van der Waals surface area contributed by atoms with Crippen LogP contribution in [-0.2, 0) is 5.41 Å². The highest BCUT2D eigenvalue weighted by atomic mass is 16.3. The summed E-state index contributed by atoms with van der Waals surface area (Å²) >= 11 is 0. The molecule has 0 aliphatic rings. The van der Waals surface area contributed by atoms with Gasteiger partial charge >= 0.3 is 0 Å². The van der Waals surface area contributed by atoms with Gasteiger partial charge in [-0.05, 0) is 65.9 Å². The van der Waals surface area contributed by atoms with Gasteiger partial charge in [-0.25, -0.2) is 4.98 Å². The Morgan fingerprint density at radius 1 is 0.758 bits per heavy atom. The fourth-order valence-corrected chi connectivity index (χ4v) is 4.71. The van der Waals surface area contributed by atoms with E-state index in [-0.39, 0.29) is 5.41 Å². The molecule has 0 spiro atoms. The highest BCUT2D eigenvalue weighted by molar-refractivity contribution is 6.09. The number of benzene rings is 4. The maximum absolute atomic E-state index is 6.21. The largest absolute Gasteiger partial charge is 0.436 e. The molecule has 6 rings (SSSR count). The summed E-state index contributed by atoms with van der Waals surface area (Å²) in [5.41, 5.74) is 8.77. The second-order valence-corrected chi connectivity index (χ2v) is 9.83. The number of hydrogen-bond acceptors (Lipinski definition) is 2. The maximum atomic E-state index is 6.21. The summed E-state index contributed by atoms with van der Waals surface area (Å²) in [6.45, 7) is 8.77. The molecule has 0 aliphatic carbocycles. The Kier molecular flexibility index (Phi) is 4.25. The Morgan fingerprint density at radius 3 is 1.97 bits per heavy atom. The minimum absolute atomic E-state index is 0.0715.